The van der Waals surface area contributed by atoms with Crippen LogP contribution >= 0.6 is 0 Å². The smallest absolute Gasteiger partial charge is 0.109 e. The lowest BCUT2D eigenvalue weighted by atomic mass is 10.2. The van der Waals surface area contributed by atoms with Crippen LogP contribution in [0.25, 0.3) is 11.0 Å². The summed E-state index contributed by atoms with van der Waals surface area (Å²) in [5, 5.41) is 0. The topological polar surface area (TPSA) is 47.1 Å². The number of aryl methyl sites for hydroxylation is 1. The van der Waals surface area contributed by atoms with Gasteiger partial charge in [0.1, 0.15) is 5.82 Å². The average Bonchev–Trinajstić information content (AvgIpc) is 3.08. The standard InChI is InChI=1S/C17H26N4/c1-3-6-17-19-15-11-14(18)7-8-16(15)21(17)12-13(2)20-9-4-5-10-20/h7-8,11,13H,3-6,9-10,12,18H2,1-2H3. The van der Waals surface area contributed by atoms with Crippen molar-refractivity contribution in [3.63, 3.8) is 0 Å². The lowest BCUT2D eigenvalue weighted by Gasteiger charge is -2.25. The number of nitrogens with zero attached hydrogens (tertiary/aromatic N) is 3. The summed E-state index contributed by atoms with van der Waals surface area (Å²) in [6, 6.07) is 6.66. The molecule has 21 heavy (non-hydrogen) atoms. The minimum Gasteiger partial charge on any atom is -0.399 e. The molecule has 0 aliphatic carbocycles. The normalized spacial score (nSPS) is 17.6. The molecule has 0 radical (unpaired) electrons. The van der Waals surface area contributed by atoms with E-state index in [0.29, 0.717) is 6.04 Å². The maximum absolute atomic E-state index is 5.90. The molecular weight excluding hydrogens is 260 g/mol. The molecule has 1 atom stereocenters. The maximum atomic E-state index is 5.90. The van der Waals surface area contributed by atoms with Crippen molar-refractivity contribution in [3.8, 4) is 0 Å². The Morgan fingerprint density at radius 2 is 2.05 bits per heavy atom. The Morgan fingerprint density at radius 3 is 2.76 bits per heavy atom. The van der Waals surface area contributed by atoms with Gasteiger partial charge in [-0.3, -0.25) is 4.90 Å². The summed E-state index contributed by atoms with van der Waals surface area (Å²) in [4.78, 5) is 7.40. The van der Waals surface area contributed by atoms with Crippen LogP contribution in [0, 0.1) is 0 Å². The molecule has 0 amide bonds. The summed E-state index contributed by atoms with van der Waals surface area (Å²) < 4.78 is 2.40. The second-order valence-corrected chi connectivity index (χ2v) is 6.23. The Balaban J connectivity index is 1.92. The van der Waals surface area contributed by atoms with E-state index in [1.54, 1.807) is 0 Å². The molecule has 2 N–H and O–H groups in total. The van der Waals surface area contributed by atoms with E-state index in [1.165, 1.54) is 37.3 Å². The Kier molecular flexibility index (Phi) is 4.15. The molecule has 1 fully saturated rings. The van der Waals surface area contributed by atoms with Gasteiger partial charge in [0, 0.05) is 24.7 Å². The predicted molar refractivity (Wildman–Crippen MR) is 88.4 cm³/mol. The molecule has 1 aromatic heterocycles. The third-order valence-electron chi connectivity index (χ3n) is 4.54. The van der Waals surface area contributed by atoms with Crippen LogP contribution in [0.4, 0.5) is 5.69 Å². The summed E-state index contributed by atoms with van der Waals surface area (Å²) in [6.45, 7) is 8.05. The molecule has 2 aromatic rings. The first-order chi connectivity index (χ1) is 10.2. The first-order valence-corrected chi connectivity index (χ1v) is 8.17. The minimum atomic E-state index is 0.568. The molecule has 4 heteroatoms. The number of imidazole rings is 1. The highest BCUT2D eigenvalue weighted by molar-refractivity contribution is 5.79. The Hall–Kier alpha value is -1.55. The summed E-state index contributed by atoms with van der Waals surface area (Å²) in [7, 11) is 0. The predicted octanol–water partition coefficient (Wildman–Crippen LogP) is 3.06. The fraction of sp³-hybridized carbons (Fsp3) is 0.588. The first-order valence-electron chi connectivity index (χ1n) is 8.17. The van der Waals surface area contributed by atoms with Gasteiger partial charge in [-0.2, -0.15) is 0 Å². The van der Waals surface area contributed by atoms with Gasteiger partial charge in [-0.1, -0.05) is 6.92 Å². The van der Waals surface area contributed by atoms with Gasteiger partial charge >= 0.3 is 0 Å². The van der Waals surface area contributed by atoms with Crippen molar-refractivity contribution in [2.75, 3.05) is 18.8 Å². The number of fused-ring (bicyclic) bond motifs is 1. The van der Waals surface area contributed by atoms with E-state index in [1.807, 2.05) is 12.1 Å². The SMILES string of the molecule is CCCc1nc2cc(N)ccc2n1CC(C)N1CCCC1. The average molecular weight is 286 g/mol. The van der Waals surface area contributed by atoms with Gasteiger partial charge in [-0.05, 0) is 57.5 Å². The number of aromatic nitrogens is 2. The van der Waals surface area contributed by atoms with Crippen molar-refractivity contribution in [2.45, 2.75) is 52.1 Å². The molecule has 0 saturated carbocycles. The van der Waals surface area contributed by atoms with Gasteiger partial charge in [0.25, 0.3) is 0 Å². The molecule has 1 aromatic carbocycles. The highest BCUT2D eigenvalue weighted by Crippen LogP contribution is 2.22. The van der Waals surface area contributed by atoms with Crippen LogP contribution in [-0.4, -0.2) is 33.6 Å². The third-order valence-corrected chi connectivity index (χ3v) is 4.54. The lowest BCUT2D eigenvalue weighted by molar-refractivity contribution is 0.236. The number of hydrogen-bond acceptors (Lipinski definition) is 3. The van der Waals surface area contributed by atoms with Crippen molar-refractivity contribution in [1.82, 2.24) is 14.5 Å². The summed E-state index contributed by atoms with van der Waals surface area (Å²) >= 11 is 0. The second kappa shape index (κ2) is 6.06. The van der Waals surface area contributed by atoms with E-state index in [-0.39, 0.29) is 0 Å². The van der Waals surface area contributed by atoms with Crippen molar-refractivity contribution in [3.05, 3.63) is 24.0 Å². The van der Waals surface area contributed by atoms with Gasteiger partial charge in [0.15, 0.2) is 0 Å². The van der Waals surface area contributed by atoms with Gasteiger partial charge in [0.05, 0.1) is 11.0 Å². The second-order valence-electron chi connectivity index (χ2n) is 6.23. The highest BCUT2D eigenvalue weighted by Gasteiger charge is 2.20. The molecular formula is C17H26N4. The van der Waals surface area contributed by atoms with Crippen molar-refractivity contribution >= 4 is 16.7 Å². The lowest BCUT2D eigenvalue weighted by Crippen LogP contribution is -2.34. The number of hydrogen-bond donors (Lipinski definition) is 1. The molecule has 3 rings (SSSR count). The third kappa shape index (κ3) is 2.91. The number of rotatable bonds is 5. The van der Waals surface area contributed by atoms with E-state index in [4.69, 9.17) is 10.7 Å². The minimum absolute atomic E-state index is 0.568. The number of anilines is 1. The summed E-state index contributed by atoms with van der Waals surface area (Å²) in [5.74, 6) is 1.20. The zero-order valence-corrected chi connectivity index (χ0v) is 13.2. The van der Waals surface area contributed by atoms with E-state index in [0.717, 1.165) is 30.6 Å². The number of benzene rings is 1. The van der Waals surface area contributed by atoms with Crippen LogP contribution in [0.1, 0.15) is 38.9 Å². The van der Waals surface area contributed by atoms with Crippen molar-refractivity contribution < 1.29 is 0 Å². The zero-order valence-electron chi connectivity index (χ0n) is 13.2. The fourth-order valence-electron chi connectivity index (χ4n) is 3.38. The monoisotopic (exact) mass is 286 g/mol. The highest BCUT2D eigenvalue weighted by atomic mass is 15.2. The zero-order chi connectivity index (χ0) is 14.8. The summed E-state index contributed by atoms with van der Waals surface area (Å²) in [5.41, 5.74) is 8.95. The first kappa shape index (κ1) is 14.4. The summed E-state index contributed by atoms with van der Waals surface area (Å²) in [6.07, 6.45) is 4.83. The van der Waals surface area contributed by atoms with Crippen LogP contribution in [0.3, 0.4) is 0 Å². The van der Waals surface area contributed by atoms with Gasteiger partial charge < -0.3 is 10.3 Å². The number of nitrogens with two attached hydrogens (primary N) is 1. The Morgan fingerprint density at radius 1 is 1.29 bits per heavy atom. The molecule has 0 spiro atoms. The maximum Gasteiger partial charge on any atom is 0.109 e. The Bertz CT molecular complexity index is 611. The van der Waals surface area contributed by atoms with E-state index < -0.39 is 0 Å². The van der Waals surface area contributed by atoms with Gasteiger partial charge in [0.2, 0.25) is 0 Å². The van der Waals surface area contributed by atoms with Crippen LogP contribution in [0.2, 0.25) is 0 Å². The molecule has 0 bridgehead atoms. The number of likely N-dealkylation sites (tertiary alicyclic amines) is 1. The molecule has 2 heterocycles. The molecule has 114 valence electrons. The van der Waals surface area contributed by atoms with Crippen molar-refractivity contribution in [1.29, 1.82) is 0 Å². The quantitative estimate of drug-likeness (QED) is 0.859. The van der Waals surface area contributed by atoms with E-state index >= 15 is 0 Å². The van der Waals surface area contributed by atoms with Crippen LogP contribution in [0.5, 0.6) is 0 Å². The molecule has 1 aliphatic rings. The largest absolute Gasteiger partial charge is 0.399 e. The van der Waals surface area contributed by atoms with Crippen LogP contribution < -0.4 is 5.73 Å². The van der Waals surface area contributed by atoms with E-state index in [2.05, 4.69) is 29.4 Å². The van der Waals surface area contributed by atoms with Gasteiger partial charge in [-0.25, -0.2) is 4.98 Å². The fourth-order valence-corrected chi connectivity index (χ4v) is 3.38. The number of nitrogen functional groups attached to an aromatic ring is 1. The molecule has 1 unspecified atom stereocenters. The van der Waals surface area contributed by atoms with E-state index in [9.17, 15) is 0 Å². The van der Waals surface area contributed by atoms with Crippen LogP contribution in [0.15, 0.2) is 18.2 Å². The van der Waals surface area contributed by atoms with Crippen LogP contribution in [-0.2, 0) is 13.0 Å². The molecule has 1 aliphatic heterocycles. The van der Waals surface area contributed by atoms with Crippen molar-refractivity contribution in [2.24, 2.45) is 0 Å². The molecule has 4 nitrogen and oxygen atoms in total. The molecule has 1 saturated heterocycles. The Labute approximate surface area is 126 Å². The van der Waals surface area contributed by atoms with Gasteiger partial charge in [-0.15, -0.1) is 0 Å².